The molecule has 1 saturated heterocycles. The molecule has 1 spiro atoms. The first-order chi connectivity index (χ1) is 12.1. The van der Waals surface area contributed by atoms with Gasteiger partial charge in [-0.3, -0.25) is 9.59 Å². The van der Waals surface area contributed by atoms with Crippen molar-refractivity contribution in [1.29, 1.82) is 0 Å². The molecule has 4 rings (SSSR count). The first-order valence-corrected chi connectivity index (χ1v) is 8.46. The van der Waals surface area contributed by atoms with E-state index in [1.165, 1.54) is 6.92 Å². The molecule has 0 radical (unpaired) electrons. The molecule has 4 heteroatoms. The second-order valence-corrected chi connectivity index (χ2v) is 6.47. The van der Waals surface area contributed by atoms with Crippen LogP contribution >= 0.6 is 0 Å². The molecule has 0 aromatic heterocycles. The maximum atomic E-state index is 13.0. The van der Waals surface area contributed by atoms with E-state index in [1.54, 1.807) is 0 Å². The molecule has 126 valence electrons. The van der Waals surface area contributed by atoms with Gasteiger partial charge < -0.3 is 10.1 Å². The number of nitrogens with one attached hydrogen (secondary N) is 1. The van der Waals surface area contributed by atoms with Crippen molar-refractivity contribution in [2.24, 2.45) is 0 Å². The Hall–Kier alpha value is -2.72. The Morgan fingerprint density at radius 2 is 1.76 bits per heavy atom. The Morgan fingerprint density at radius 1 is 1.08 bits per heavy atom. The summed E-state index contributed by atoms with van der Waals surface area (Å²) in [5.74, 6) is -0.0638. The number of amides is 1. The van der Waals surface area contributed by atoms with E-state index in [1.807, 2.05) is 60.7 Å². The molecule has 25 heavy (non-hydrogen) atoms. The summed E-state index contributed by atoms with van der Waals surface area (Å²) in [5.41, 5.74) is 2.85. The Kier molecular flexibility index (Phi) is 3.77. The van der Waals surface area contributed by atoms with Crippen LogP contribution in [0.3, 0.4) is 0 Å². The summed E-state index contributed by atoms with van der Waals surface area (Å²) in [6.07, 6.45) is 2.39. The number of ether oxygens (including phenoxy) is 1. The topological polar surface area (TPSA) is 58.7 Å². The van der Waals surface area contributed by atoms with Crippen molar-refractivity contribution in [1.82, 2.24) is 5.32 Å². The van der Waals surface area contributed by atoms with E-state index >= 15 is 0 Å². The summed E-state index contributed by atoms with van der Waals surface area (Å²) >= 11 is 0. The van der Waals surface area contributed by atoms with Gasteiger partial charge in [0, 0.05) is 19.0 Å². The van der Waals surface area contributed by atoms with E-state index in [9.17, 15) is 9.59 Å². The molecular formula is C21H19NO3. The summed E-state index contributed by atoms with van der Waals surface area (Å²) in [7, 11) is 0. The lowest BCUT2D eigenvalue weighted by molar-refractivity contribution is -0.118. The lowest BCUT2D eigenvalue weighted by Crippen LogP contribution is -2.31. The third-order valence-electron chi connectivity index (χ3n) is 4.80. The molecule has 1 amide bonds. The molecule has 2 aromatic rings. The summed E-state index contributed by atoms with van der Waals surface area (Å²) in [6, 6.07) is 17.7. The molecule has 4 nitrogen and oxygen atoms in total. The predicted molar refractivity (Wildman–Crippen MR) is 95.2 cm³/mol. The van der Waals surface area contributed by atoms with Gasteiger partial charge in [-0.2, -0.15) is 0 Å². The Labute approximate surface area is 146 Å². The quantitative estimate of drug-likeness (QED) is 0.875. The molecular weight excluding hydrogens is 314 g/mol. The molecule has 2 aromatic carbocycles. The van der Waals surface area contributed by atoms with Gasteiger partial charge >= 0.3 is 0 Å². The highest BCUT2D eigenvalue weighted by Crippen LogP contribution is 2.49. The van der Waals surface area contributed by atoms with Gasteiger partial charge in [-0.25, -0.2) is 0 Å². The number of hydrogen-bond donors (Lipinski definition) is 1. The standard InChI is InChI=1S/C21H19NO3/c1-14(23)22-12-11-19-21(25-19)13-18(15-7-3-2-4-8-15)16-9-5-6-10-17(16)20(21)24/h2-10,13,19H,11-12H2,1H3,(H,22,23)/t19-,21+/m0/s1. The minimum absolute atomic E-state index is 0.00982. The number of fused-ring (bicyclic) bond motifs is 1. The van der Waals surface area contributed by atoms with Crippen molar-refractivity contribution < 1.29 is 14.3 Å². The monoisotopic (exact) mass is 333 g/mol. The highest BCUT2D eigenvalue weighted by Gasteiger charge is 2.62. The molecule has 2 atom stereocenters. The summed E-state index contributed by atoms with van der Waals surface area (Å²) in [4.78, 5) is 24.1. The first kappa shape index (κ1) is 15.8. The molecule has 1 fully saturated rings. The second kappa shape index (κ2) is 5.97. The van der Waals surface area contributed by atoms with Crippen LogP contribution < -0.4 is 5.32 Å². The molecule has 1 aliphatic carbocycles. The number of carbonyl (C=O) groups excluding carboxylic acids is 2. The lowest BCUT2D eigenvalue weighted by atomic mass is 9.79. The highest BCUT2D eigenvalue weighted by atomic mass is 16.6. The fourth-order valence-electron chi connectivity index (χ4n) is 3.52. The molecule has 1 N–H and O–H groups in total. The first-order valence-electron chi connectivity index (χ1n) is 8.46. The third-order valence-corrected chi connectivity index (χ3v) is 4.80. The van der Waals surface area contributed by atoms with Gasteiger partial charge in [0.25, 0.3) is 0 Å². The zero-order valence-corrected chi connectivity index (χ0v) is 14.0. The van der Waals surface area contributed by atoms with Gasteiger partial charge in [0.15, 0.2) is 5.60 Å². The van der Waals surface area contributed by atoms with E-state index in [0.717, 1.165) is 16.7 Å². The van der Waals surface area contributed by atoms with Crippen molar-refractivity contribution >= 4 is 17.3 Å². The Balaban J connectivity index is 1.70. The number of ketones is 1. The second-order valence-electron chi connectivity index (χ2n) is 6.47. The minimum atomic E-state index is -0.891. The fraction of sp³-hybridized carbons (Fsp3) is 0.238. The number of benzene rings is 2. The van der Waals surface area contributed by atoms with Gasteiger partial charge in [0.2, 0.25) is 11.7 Å². The minimum Gasteiger partial charge on any atom is -0.356 e. The van der Waals surface area contributed by atoms with Crippen LogP contribution in [0, 0.1) is 0 Å². The van der Waals surface area contributed by atoms with Crippen LogP contribution in [0.15, 0.2) is 60.7 Å². The number of Topliss-reactive ketones (excluding diaryl/α,β-unsaturated/α-hetero) is 1. The summed E-state index contributed by atoms with van der Waals surface area (Å²) in [5, 5.41) is 2.76. The van der Waals surface area contributed by atoms with Crippen LogP contribution in [0.2, 0.25) is 0 Å². The van der Waals surface area contributed by atoms with Crippen molar-refractivity contribution in [2.45, 2.75) is 25.0 Å². The smallest absolute Gasteiger partial charge is 0.216 e. The molecule has 2 aliphatic rings. The SMILES string of the molecule is CC(=O)NCC[C@@H]1O[C@]12C=C(c1ccccc1)c1ccccc1C2=O. The summed E-state index contributed by atoms with van der Waals surface area (Å²) < 4.78 is 5.87. The van der Waals surface area contributed by atoms with E-state index < -0.39 is 5.60 Å². The van der Waals surface area contributed by atoms with Crippen LogP contribution in [0.1, 0.15) is 34.8 Å². The fourth-order valence-corrected chi connectivity index (χ4v) is 3.52. The van der Waals surface area contributed by atoms with Gasteiger partial charge in [-0.1, -0.05) is 54.6 Å². The molecule has 0 unspecified atom stereocenters. The van der Waals surface area contributed by atoms with E-state index in [4.69, 9.17) is 4.74 Å². The van der Waals surface area contributed by atoms with Gasteiger partial charge in [-0.15, -0.1) is 0 Å². The number of hydrogen-bond acceptors (Lipinski definition) is 3. The third kappa shape index (κ3) is 2.68. The van der Waals surface area contributed by atoms with Crippen LogP contribution in [0.25, 0.3) is 5.57 Å². The number of rotatable bonds is 4. The van der Waals surface area contributed by atoms with Crippen molar-refractivity contribution in [3.8, 4) is 0 Å². The zero-order chi connectivity index (χ0) is 17.4. The van der Waals surface area contributed by atoms with Crippen LogP contribution in [-0.2, 0) is 9.53 Å². The van der Waals surface area contributed by atoms with Gasteiger partial charge in [-0.05, 0) is 29.2 Å². The molecule has 1 heterocycles. The van der Waals surface area contributed by atoms with Gasteiger partial charge in [0.1, 0.15) is 6.10 Å². The van der Waals surface area contributed by atoms with Gasteiger partial charge in [0.05, 0.1) is 0 Å². The predicted octanol–water partition coefficient (Wildman–Crippen LogP) is 2.98. The Bertz CT molecular complexity index is 872. The number of epoxide rings is 1. The number of carbonyl (C=O) groups is 2. The normalized spacial score (nSPS) is 23.8. The largest absolute Gasteiger partial charge is 0.356 e. The van der Waals surface area contributed by atoms with E-state index in [0.29, 0.717) is 18.5 Å². The van der Waals surface area contributed by atoms with Crippen LogP contribution in [-0.4, -0.2) is 29.9 Å². The van der Waals surface area contributed by atoms with E-state index in [2.05, 4.69) is 5.32 Å². The molecule has 1 aliphatic heterocycles. The van der Waals surface area contributed by atoms with Crippen molar-refractivity contribution in [2.75, 3.05) is 6.54 Å². The maximum absolute atomic E-state index is 13.0. The van der Waals surface area contributed by atoms with Crippen LogP contribution in [0.5, 0.6) is 0 Å². The average molecular weight is 333 g/mol. The lowest BCUT2D eigenvalue weighted by Gasteiger charge is -2.22. The molecule has 0 saturated carbocycles. The maximum Gasteiger partial charge on any atom is 0.216 e. The van der Waals surface area contributed by atoms with Crippen molar-refractivity contribution in [3.63, 3.8) is 0 Å². The highest BCUT2D eigenvalue weighted by molar-refractivity contribution is 6.14. The summed E-state index contributed by atoms with van der Waals surface area (Å²) in [6.45, 7) is 1.99. The zero-order valence-electron chi connectivity index (χ0n) is 14.0. The molecule has 0 bridgehead atoms. The van der Waals surface area contributed by atoms with Crippen molar-refractivity contribution in [3.05, 3.63) is 77.4 Å². The Morgan fingerprint density at radius 3 is 2.48 bits per heavy atom. The van der Waals surface area contributed by atoms with E-state index in [-0.39, 0.29) is 17.8 Å². The van der Waals surface area contributed by atoms with Crippen LogP contribution in [0.4, 0.5) is 0 Å². The average Bonchev–Trinajstić information content (AvgIpc) is 3.32.